The molecule has 1 aromatic carbocycles. The highest BCUT2D eigenvalue weighted by Crippen LogP contribution is 2.26. The van der Waals surface area contributed by atoms with Crippen molar-refractivity contribution >= 4 is 34.1 Å². The standard InChI is InChI=1S/C15H18N4O2S2/c16-14-18-19-15(23-14)22-9-13(20)17-8-10-5-6-21-12-4-2-1-3-11(12)7-10/h1-4,10H,5-9H2,(H2,16,18)(H,17,20). The van der Waals surface area contributed by atoms with Crippen molar-refractivity contribution in [1.82, 2.24) is 15.5 Å². The second-order valence-electron chi connectivity index (χ2n) is 5.31. The van der Waals surface area contributed by atoms with Gasteiger partial charge >= 0.3 is 0 Å². The number of nitrogens with one attached hydrogen (secondary N) is 1. The molecule has 0 spiro atoms. The Morgan fingerprint density at radius 3 is 3.13 bits per heavy atom. The number of hydrogen-bond donors (Lipinski definition) is 2. The summed E-state index contributed by atoms with van der Waals surface area (Å²) in [5, 5.41) is 11.0. The summed E-state index contributed by atoms with van der Waals surface area (Å²) in [6.45, 7) is 1.35. The number of ether oxygens (including phenoxy) is 1. The summed E-state index contributed by atoms with van der Waals surface area (Å²) in [6, 6.07) is 8.10. The molecule has 3 N–H and O–H groups in total. The van der Waals surface area contributed by atoms with E-state index in [1.54, 1.807) is 0 Å². The van der Waals surface area contributed by atoms with Crippen molar-refractivity contribution in [1.29, 1.82) is 0 Å². The van der Waals surface area contributed by atoms with Gasteiger partial charge in [-0.15, -0.1) is 10.2 Å². The lowest BCUT2D eigenvalue weighted by atomic mass is 9.97. The second-order valence-corrected chi connectivity index (χ2v) is 7.55. The molecule has 6 nitrogen and oxygen atoms in total. The van der Waals surface area contributed by atoms with Gasteiger partial charge in [0.15, 0.2) is 4.34 Å². The van der Waals surface area contributed by atoms with Crippen LogP contribution in [-0.2, 0) is 11.2 Å². The van der Waals surface area contributed by atoms with Crippen LogP contribution in [0.2, 0.25) is 0 Å². The van der Waals surface area contributed by atoms with Gasteiger partial charge in [-0.1, -0.05) is 41.3 Å². The number of aromatic nitrogens is 2. The number of nitrogens with two attached hydrogens (primary N) is 1. The van der Waals surface area contributed by atoms with E-state index in [4.69, 9.17) is 10.5 Å². The number of rotatable bonds is 5. The van der Waals surface area contributed by atoms with E-state index in [1.807, 2.05) is 18.2 Å². The normalized spacial score (nSPS) is 17.0. The molecule has 8 heteroatoms. The SMILES string of the molecule is Nc1nnc(SCC(=O)NCC2CCOc3ccccc3C2)s1. The van der Waals surface area contributed by atoms with Crippen LogP contribution in [0, 0.1) is 5.92 Å². The van der Waals surface area contributed by atoms with Crippen LogP contribution in [0.3, 0.4) is 0 Å². The number of hydrogen-bond acceptors (Lipinski definition) is 7. The van der Waals surface area contributed by atoms with Crippen molar-refractivity contribution in [3.63, 3.8) is 0 Å². The van der Waals surface area contributed by atoms with Crippen molar-refractivity contribution in [2.75, 3.05) is 24.6 Å². The molecular weight excluding hydrogens is 332 g/mol. The predicted octanol–water partition coefficient (Wildman–Crippen LogP) is 1.97. The number of nitrogens with zero attached hydrogens (tertiary/aromatic N) is 2. The van der Waals surface area contributed by atoms with Gasteiger partial charge in [0.1, 0.15) is 5.75 Å². The Morgan fingerprint density at radius 1 is 1.43 bits per heavy atom. The third kappa shape index (κ3) is 4.59. The summed E-state index contributed by atoms with van der Waals surface area (Å²) in [6.07, 6.45) is 1.87. The van der Waals surface area contributed by atoms with Crippen molar-refractivity contribution in [2.24, 2.45) is 5.92 Å². The Bertz CT molecular complexity index is 677. The lowest BCUT2D eigenvalue weighted by Gasteiger charge is -2.14. The van der Waals surface area contributed by atoms with Crippen LogP contribution in [0.1, 0.15) is 12.0 Å². The van der Waals surface area contributed by atoms with Gasteiger partial charge in [-0.05, 0) is 30.4 Å². The molecule has 2 aromatic rings. The minimum absolute atomic E-state index is 0.00206. The second kappa shape index (κ2) is 7.65. The Labute approximate surface area is 142 Å². The molecule has 2 heterocycles. The first-order chi connectivity index (χ1) is 11.2. The number of thioether (sulfide) groups is 1. The minimum atomic E-state index is 0.00206. The van der Waals surface area contributed by atoms with Crippen LogP contribution in [0.25, 0.3) is 0 Å². The van der Waals surface area contributed by atoms with E-state index < -0.39 is 0 Å². The Morgan fingerprint density at radius 2 is 2.30 bits per heavy atom. The van der Waals surface area contributed by atoms with Gasteiger partial charge in [0, 0.05) is 6.54 Å². The van der Waals surface area contributed by atoms with Gasteiger partial charge in [-0.2, -0.15) is 0 Å². The minimum Gasteiger partial charge on any atom is -0.493 e. The topological polar surface area (TPSA) is 90.1 Å². The molecule has 0 saturated heterocycles. The maximum Gasteiger partial charge on any atom is 0.230 e. The molecule has 1 unspecified atom stereocenters. The van der Waals surface area contributed by atoms with Gasteiger partial charge in [-0.3, -0.25) is 4.79 Å². The van der Waals surface area contributed by atoms with Gasteiger partial charge in [0.2, 0.25) is 11.0 Å². The number of nitrogen functional groups attached to an aromatic ring is 1. The van der Waals surface area contributed by atoms with Crippen LogP contribution in [0.5, 0.6) is 5.75 Å². The van der Waals surface area contributed by atoms with Gasteiger partial charge in [-0.25, -0.2) is 0 Å². The molecule has 1 aliphatic rings. The summed E-state index contributed by atoms with van der Waals surface area (Å²) >= 11 is 2.65. The molecule has 3 rings (SSSR count). The zero-order chi connectivity index (χ0) is 16.1. The number of fused-ring (bicyclic) bond motifs is 1. The first-order valence-electron chi connectivity index (χ1n) is 7.40. The van der Waals surface area contributed by atoms with Crippen LogP contribution < -0.4 is 15.8 Å². The van der Waals surface area contributed by atoms with Crippen LogP contribution in [-0.4, -0.2) is 35.0 Å². The predicted molar refractivity (Wildman–Crippen MR) is 91.8 cm³/mol. The van der Waals surface area contributed by atoms with Gasteiger partial charge < -0.3 is 15.8 Å². The molecule has 0 saturated carbocycles. The molecule has 1 aromatic heterocycles. The number of anilines is 1. The fraction of sp³-hybridized carbons (Fsp3) is 0.400. The molecule has 1 aliphatic heterocycles. The lowest BCUT2D eigenvalue weighted by molar-refractivity contribution is -0.118. The maximum atomic E-state index is 12.0. The highest BCUT2D eigenvalue weighted by molar-refractivity contribution is 8.01. The fourth-order valence-electron chi connectivity index (χ4n) is 2.45. The van der Waals surface area contributed by atoms with Crippen molar-refractivity contribution in [3.8, 4) is 5.75 Å². The van der Waals surface area contributed by atoms with E-state index in [1.165, 1.54) is 28.7 Å². The Balaban J connectivity index is 1.45. The van der Waals surface area contributed by atoms with Crippen LogP contribution >= 0.6 is 23.1 Å². The first kappa shape index (κ1) is 16.1. The lowest BCUT2D eigenvalue weighted by Crippen LogP contribution is -2.31. The van der Waals surface area contributed by atoms with E-state index >= 15 is 0 Å². The zero-order valence-electron chi connectivity index (χ0n) is 12.5. The van der Waals surface area contributed by atoms with Gasteiger partial charge in [0.25, 0.3) is 0 Å². The van der Waals surface area contributed by atoms with E-state index in [0.29, 0.717) is 30.0 Å². The van der Waals surface area contributed by atoms with E-state index in [9.17, 15) is 4.79 Å². The van der Waals surface area contributed by atoms with E-state index in [0.717, 1.165) is 22.9 Å². The molecular formula is C15H18N4O2S2. The van der Waals surface area contributed by atoms with E-state index in [2.05, 4.69) is 21.6 Å². The van der Waals surface area contributed by atoms with Crippen molar-refractivity contribution in [2.45, 2.75) is 17.2 Å². The molecule has 0 bridgehead atoms. The summed E-state index contributed by atoms with van der Waals surface area (Å²) in [7, 11) is 0. The largest absolute Gasteiger partial charge is 0.493 e. The summed E-state index contributed by atoms with van der Waals surface area (Å²) < 4.78 is 6.47. The molecule has 0 radical (unpaired) electrons. The first-order valence-corrected chi connectivity index (χ1v) is 9.20. The third-order valence-electron chi connectivity index (χ3n) is 3.60. The highest BCUT2D eigenvalue weighted by atomic mass is 32.2. The number of para-hydroxylation sites is 1. The van der Waals surface area contributed by atoms with Crippen molar-refractivity contribution in [3.05, 3.63) is 29.8 Å². The average Bonchev–Trinajstić information content (AvgIpc) is 2.86. The quantitative estimate of drug-likeness (QED) is 0.801. The molecule has 122 valence electrons. The Hall–Kier alpha value is -1.80. The number of carbonyl (C=O) groups excluding carboxylic acids is 1. The highest BCUT2D eigenvalue weighted by Gasteiger charge is 2.18. The number of amides is 1. The van der Waals surface area contributed by atoms with Crippen molar-refractivity contribution < 1.29 is 9.53 Å². The molecule has 1 amide bonds. The molecule has 23 heavy (non-hydrogen) atoms. The zero-order valence-corrected chi connectivity index (χ0v) is 14.2. The third-order valence-corrected chi connectivity index (χ3v) is 5.49. The monoisotopic (exact) mass is 350 g/mol. The maximum absolute atomic E-state index is 12.0. The number of benzene rings is 1. The van der Waals surface area contributed by atoms with Crippen LogP contribution in [0.4, 0.5) is 5.13 Å². The van der Waals surface area contributed by atoms with Gasteiger partial charge in [0.05, 0.1) is 12.4 Å². The van der Waals surface area contributed by atoms with E-state index in [-0.39, 0.29) is 5.91 Å². The molecule has 0 fully saturated rings. The summed E-state index contributed by atoms with van der Waals surface area (Å²) in [5.41, 5.74) is 6.73. The molecule has 1 atom stereocenters. The summed E-state index contributed by atoms with van der Waals surface area (Å²) in [4.78, 5) is 12.0. The smallest absolute Gasteiger partial charge is 0.230 e. The number of carbonyl (C=O) groups is 1. The molecule has 0 aliphatic carbocycles. The van der Waals surface area contributed by atoms with Crippen LogP contribution in [0.15, 0.2) is 28.6 Å². The average molecular weight is 350 g/mol. The fourth-order valence-corrected chi connectivity index (χ4v) is 3.92. The summed E-state index contributed by atoms with van der Waals surface area (Å²) in [5.74, 6) is 1.69. The Kier molecular flexibility index (Phi) is 5.35.